The first-order chi connectivity index (χ1) is 27.6. The van der Waals surface area contributed by atoms with E-state index in [9.17, 15) is 48.6 Å². The molecule has 0 aromatic heterocycles. The molecule has 330 valence electrons. The quantitative estimate of drug-likeness (QED) is 0.0299. The number of carbonyl (C=O) groups excluding carboxylic acids is 6. The SMILES string of the molecule is CC[C@H](C)[C@H](NC(=O)[C@@H](NC(=O)[C@H](C)NC(=O)[C@H](CC(=O)O)NC(=O)[C@H](Cc1ccccc1)NC(=O)[C@@H](N)CC(C)C)C(C)C)C(=O)N[C@@H](CCCN=C(N)N)C(=O)O. The average molecular weight is 833 g/mol. The van der Waals surface area contributed by atoms with Crippen LogP contribution in [0.5, 0.6) is 0 Å². The summed E-state index contributed by atoms with van der Waals surface area (Å²) in [4.78, 5) is 108. The van der Waals surface area contributed by atoms with E-state index in [1.165, 1.54) is 6.92 Å². The molecule has 0 aliphatic carbocycles. The number of carboxylic acids is 2. The standard InChI is InChI=1S/C39H64N10O10/c1-8-22(6)31(37(57)45-26(38(58)59)15-12-16-43-39(41)42)49-36(56)30(21(4)5)48-32(52)23(7)44-34(54)28(19-29(50)51)47-35(55)27(18-24-13-10-9-11-14-24)46-33(53)25(40)17-20(2)3/h9-11,13-14,20-23,25-28,30-31H,8,12,15-19,40H2,1-7H3,(H,44,54)(H,45,57)(H,46,53)(H,47,55)(H,48,52)(H,49,56)(H,50,51)(H,58,59)(H4,41,42,43)/t22-,23-,25-,26-,27-,28-,30-,31-/m0/s1. The second-order valence-electron chi connectivity index (χ2n) is 15.3. The van der Waals surface area contributed by atoms with Crippen LogP contribution < -0.4 is 49.1 Å². The third-order valence-electron chi connectivity index (χ3n) is 9.34. The van der Waals surface area contributed by atoms with E-state index >= 15 is 0 Å². The third-order valence-corrected chi connectivity index (χ3v) is 9.34. The number of hydrogen-bond donors (Lipinski definition) is 11. The summed E-state index contributed by atoms with van der Waals surface area (Å²) in [6, 6.07) is -0.281. The lowest BCUT2D eigenvalue weighted by Gasteiger charge is -2.29. The second kappa shape index (κ2) is 25.5. The number of nitrogens with zero attached hydrogens (tertiary/aromatic N) is 1. The van der Waals surface area contributed by atoms with Crippen LogP contribution in [-0.2, 0) is 44.8 Å². The lowest BCUT2D eigenvalue weighted by Crippen LogP contribution is -2.61. The van der Waals surface area contributed by atoms with Gasteiger partial charge in [0.05, 0.1) is 12.5 Å². The summed E-state index contributed by atoms with van der Waals surface area (Å²) >= 11 is 0. The first-order valence-electron chi connectivity index (χ1n) is 19.7. The van der Waals surface area contributed by atoms with Crippen molar-refractivity contribution in [3.63, 3.8) is 0 Å². The van der Waals surface area contributed by atoms with Crippen LogP contribution in [0.1, 0.15) is 86.1 Å². The minimum Gasteiger partial charge on any atom is -0.481 e. The maximum absolute atomic E-state index is 13.6. The molecule has 1 rings (SSSR count). The van der Waals surface area contributed by atoms with Crippen LogP contribution in [0.25, 0.3) is 0 Å². The molecule has 8 atom stereocenters. The predicted molar refractivity (Wildman–Crippen MR) is 219 cm³/mol. The first kappa shape index (κ1) is 51.2. The van der Waals surface area contributed by atoms with E-state index in [1.807, 2.05) is 13.8 Å². The van der Waals surface area contributed by atoms with Crippen molar-refractivity contribution < 1.29 is 48.6 Å². The summed E-state index contributed by atoms with van der Waals surface area (Å²) in [7, 11) is 0. The van der Waals surface area contributed by atoms with Crippen molar-refractivity contribution >= 4 is 53.3 Å². The molecule has 20 heteroatoms. The minimum atomic E-state index is -1.69. The molecule has 0 aliphatic heterocycles. The molecule has 1 aromatic rings. The van der Waals surface area contributed by atoms with E-state index in [-0.39, 0.29) is 37.7 Å². The molecule has 0 saturated heterocycles. The zero-order valence-corrected chi connectivity index (χ0v) is 34.9. The number of aliphatic carboxylic acids is 2. The largest absolute Gasteiger partial charge is 0.481 e. The average Bonchev–Trinajstić information content (AvgIpc) is 3.15. The Bertz CT molecular complexity index is 1620. The van der Waals surface area contributed by atoms with Gasteiger partial charge in [0.2, 0.25) is 35.4 Å². The first-order valence-corrected chi connectivity index (χ1v) is 19.7. The van der Waals surface area contributed by atoms with Crippen LogP contribution in [0.2, 0.25) is 0 Å². The summed E-state index contributed by atoms with van der Waals surface area (Å²) in [5.41, 5.74) is 17.3. The monoisotopic (exact) mass is 832 g/mol. The van der Waals surface area contributed by atoms with E-state index < -0.39 is 108 Å². The number of carbonyl (C=O) groups is 8. The summed E-state index contributed by atoms with van der Waals surface area (Å²) < 4.78 is 0. The van der Waals surface area contributed by atoms with E-state index in [4.69, 9.17) is 17.2 Å². The van der Waals surface area contributed by atoms with Gasteiger partial charge < -0.3 is 59.3 Å². The summed E-state index contributed by atoms with van der Waals surface area (Å²) in [6.45, 7) is 11.9. The molecule has 6 amide bonds. The number of benzene rings is 1. The van der Waals surface area contributed by atoms with Gasteiger partial charge in [-0.25, -0.2) is 4.79 Å². The molecule has 0 unspecified atom stereocenters. The van der Waals surface area contributed by atoms with Crippen molar-refractivity contribution in [2.75, 3.05) is 6.54 Å². The van der Waals surface area contributed by atoms with Crippen LogP contribution in [0.15, 0.2) is 35.3 Å². The fraction of sp³-hybridized carbons (Fsp3) is 0.615. The molecular formula is C39H64N10O10. The van der Waals surface area contributed by atoms with Crippen LogP contribution in [0, 0.1) is 17.8 Å². The predicted octanol–water partition coefficient (Wildman–Crippen LogP) is -1.15. The Morgan fingerprint density at radius 2 is 1.22 bits per heavy atom. The number of rotatable bonds is 26. The van der Waals surface area contributed by atoms with Crippen molar-refractivity contribution in [2.45, 2.75) is 129 Å². The summed E-state index contributed by atoms with van der Waals surface area (Å²) in [5, 5.41) is 34.3. The molecule has 0 radical (unpaired) electrons. The number of nitrogens with two attached hydrogens (primary N) is 3. The number of carboxylic acid groups (broad SMARTS) is 2. The van der Waals surface area contributed by atoms with Gasteiger partial charge in [-0.3, -0.25) is 38.6 Å². The van der Waals surface area contributed by atoms with Crippen LogP contribution >= 0.6 is 0 Å². The summed E-state index contributed by atoms with van der Waals surface area (Å²) in [6.07, 6.45) is 0.116. The van der Waals surface area contributed by atoms with Gasteiger partial charge >= 0.3 is 11.9 Å². The minimum absolute atomic E-state index is 0.00227. The van der Waals surface area contributed by atoms with Gasteiger partial charge in [0.15, 0.2) is 5.96 Å². The number of amides is 6. The Morgan fingerprint density at radius 3 is 1.75 bits per heavy atom. The number of nitrogens with one attached hydrogen (secondary N) is 6. The third kappa shape index (κ3) is 19.0. The molecule has 1 aromatic carbocycles. The van der Waals surface area contributed by atoms with Crippen molar-refractivity contribution in [3.8, 4) is 0 Å². The molecule has 0 bridgehead atoms. The molecule has 59 heavy (non-hydrogen) atoms. The number of hydrogen-bond acceptors (Lipinski definition) is 10. The van der Waals surface area contributed by atoms with E-state index in [2.05, 4.69) is 36.9 Å². The molecule has 20 nitrogen and oxygen atoms in total. The van der Waals surface area contributed by atoms with Crippen LogP contribution in [0.4, 0.5) is 0 Å². The molecule has 14 N–H and O–H groups in total. The zero-order chi connectivity index (χ0) is 45.0. The molecule has 0 spiro atoms. The second-order valence-corrected chi connectivity index (χ2v) is 15.3. The van der Waals surface area contributed by atoms with Gasteiger partial charge in [0, 0.05) is 13.0 Å². The molecule has 0 fully saturated rings. The topological polar surface area (TPSA) is 340 Å². The highest BCUT2D eigenvalue weighted by molar-refractivity contribution is 5.98. The van der Waals surface area contributed by atoms with E-state index in [0.717, 1.165) is 0 Å². The highest BCUT2D eigenvalue weighted by atomic mass is 16.4. The van der Waals surface area contributed by atoms with Gasteiger partial charge in [0.1, 0.15) is 36.3 Å². The highest BCUT2D eigenvalue weighted by Gasteiger charge is 2.35. The smallest absolute Gasteiger partial charge is 0.326 e. The van der Waals surface area contributed by atoms with Gasteiger partial charge in [-0.15, -0.1) is 0 Å². The molecule has 0 heterocycles. The molecular weight excluding hydrogens is 768 g/mol. The highest BCUT2D eigenvalue weighted by Crippen LogP contribution is 2.12. The van der Waals surface area contributed by atoms with E-state index in [0.29, 0.717) is 18.4 Å². The van der Waals surface area contributed by atoms with Crippen molar-refractivity contribution in [1.82, 2.24) is 31.9 Å². The fourth-order valence-electron chi connectivity index (χ4n) is 5.77. The van der Waals surface area contributed by atoms with Crippen LogP contribution in [-0.4, -0.2) is 112 Å². The zero-order valence-electron chi connectivity index (χ0n) is 34.9. The van der Waals surface area contributed by atoms with Crippen molar-refractivity contribution in [2.24, 2.45) is 39.9 Å². The van der Waals surface area contributed by atoms with Gasteiger partial charge in [-0.2, -0.15) is 0 Å². The maximum Gasteiger partial charge on any atom is 0.326 e. The van der Waals surface area contributed by atoms with Crippen LogP contribution in [0.3, 0.4) is 0 Å². The van der Waals surface area contributed by atoms with Gasteiger partial charge in [0.25, 0.3) is 0 Å². The molecule has 0 saturated carbocycles. The Balaban J connectivity index is 3.15. The normalized spacial score (nSPS) is 15.2. The van der Waals surface area contributed by atoms with E-state index in [1.54, 1.807) is 58.0 Å². The Labute approximate surface area is 345 Å². The molecule has 0 aliphatic rings. The van der Waals surface area contributed by atoms with Crippen molar-refractivity contribution in [3.05, 3.63) is 35.9 Å². The lowest BCUT2D eigenvalue weighted by atomic mass is 9.96. The Morgan fingerprint density at radius 1 is 0.678 bits per heavy atom. The number of guanidine groups is 1. The lowest BCUT2D eigenvalue weighted by molar-refractivity contribution is -0.143. The number of aliphatic imine (C=N–C) groups is 1. The fourth-order valence-corrected chi connectivity index (χ4v) is 5.77. The van der Waals surface area contributed by atoms with Crippen molar-refractivity contribution in [1.29, 1.82) is 0 Å². The van der Waals surface area contributed by atoms with Gasteiger partial charge in [-0.1, -0.05) is 78.3 Å². The Kier molecular flexibility index (Phi) is 22.2. The summed E-state index contributed by atoms with van der Waals surface area (Å²) in [5.74, 6) is -8.71. The maximum atomic E-state index is 13.6. The Hall–Kier alpha value is -5.79. The van der Waals surface area contributed by atoms with Gasteiger partial charge in [-0.05, 0) is 49.5 Å².